The van der Waals surface area contributed by atoms with Gasteiger partial charge in [-0.2, -0.15) is 0 Å². The van der Waals surface area contributed by atoms with Gasteiger partial charge in [-0.3, -0.25) is 4.79 Å². The summed E-state index contributed by atoms with van der Waals surface area (Å²) in [6.45, 7) is 4.64. The lowest BCUT2D eigenvalue weighted by Gasteiger charge is -2.38. The normalized spacial score (nSPS) is 30.9. The highest BCUT2D eigenvalue weighted by molar-refractivity contribution is 5.75. The molecule has 0 amide bonds. The number of nitrogens with zero attached hydrogens (tertiary/aromatic N) is 1. The van der Waals surface area contributed by atoms with E-state index >= 15 is 0 Å². The van der Waals surface area contributed by atoms with E-state index in [1.807, 2.05) is 6.92 Å². The number of esters is 1. The Morgan fingerprint density at radius 1 is 1.24 bits per heavy atom. The number of ether oxygens (including phenoxy) is 1. The molecule has 3 aliphatic rings. The van der Waals surface area contributed by atoms with Crippen LogP contribution in [0.25, 0.3) is 0 Å². The zero-order valence-electron chi connectivity index (χ0n) is 13.4. The predicted molar refractivity (Wildman–Crippen MR) is 83.1 cm³/mol. The lowest BCUT2D eigenvalue weighted by molar-refractivity contribution is -0.146. The van der Waals surface area contributed by atoms with E-state index in [1.54, 1.807) is 0 Å². The van der Waals surface area contributed by atoms with E-state index in [0.29, 0.717) is 12.6 Å². The topological polar surface area (TPSA) is 41.6 Å². The first-order chi connectivity index (χ1) is 10.3. The van der Waals surface area contributed by atoms with Gasteiger partial charge in [0.1, 0.15) is 6.04 Å². The SMILES string of the molecule is CCOC(=O)C(CCN1CCCC2CCCC21)NC1CC1. The number of likely N-dealkylation sites (tertiary alicyclic amines) is 1. The van der Waals surface area contributed by atoms with Gasteiger partial charge in [0.15, 0.2) is 0 Å². The van der Waals surface area contributed by atoms with E-state index in [0.717, 1.165) is 24.9 Å². The van der Waals surface area contributed by atoms with Crippen LogP contribution in [-0.2, 0) is 9.53 Å². The Kier molecular flexibility index (Phi) is 5.17. The number of hydrogen-bond donors (Lipinski definition) is 1. The molecule has 4 heteroatoms. The molecule has 2 saturated carbocycles. The maximum atomic E-state index is 12.1. The molecule has 0 aromatic heterocycles. The van der Waals surface area contributed by atoms with Gasteiger partial charge in [-0.05, 0) is 64.3 Å². The second-order valence-corrected chi connectivity index (χ2v) is 6.97. The first-order valence-electron chi connectivity index (χ1n) is 8.94. The van der Waals surface area contributed by atoms with Crippen molar-refractivity contribution in [2.75, 3.05) is 19.7 Å². The molecule has 0 spiro atoms. The van der Waals surface area contributed by atoms with Crippen LogP contribution in [0, 0.1) is 5.92 Å². The van der Waals surface area contributed by atoms with Crippen molar-refractivity contribution in [3.63, 3.8) is 0 Å². The van der Waals surface area contributed by atoms with E-state index in [-0.39, 0.29) is 12.0 Å². The fourth-order valence-electron chi connectivity index (χ4n) is 4.18. The number of carbonyl (C=O) groups excluding carboxylic acids is 1. The quantitative estimate of drug-likeness (QED) is 0.732. The van der Waals surface area contributed by atoms with E-state index in [9.17, 15) is 4.79 Å². The highest BCUT2D eigenvalue weighted by Crippen LogP contribution is 2.36. The third kappa shape index (κ3) is 3.98. The minimum absolute atomic E-state index is 0.0515. The molecule has 1 N–H and O–H groups in total. The molecule has 21 heavy (non-hydrogen) atoms. The van der Waals surface area contributed by atoms with Crippen LogP contribution >= 0.6 is 0 Å². The molecule has 3 fully saturated rings. The van der Waals surface area contributed by atoms with Gasteiger partial charge in [-0.25, -0.2) is 0 Å². The van der Waals surface area contributed by atoms with Crippen LogP contribution in [0.15, 0.2) is 0 Å². The Balaban J connectivity index is 1.51. The zero-order chi connectivity index (χ0) is 14.7. The van der Waals surface area contributed by atoms with E-state index < -0.39 is 0 Å². The van der Waals surface area contributed by atoms with Gasteiger partial charge in [-0.15, -0.1) is 0 Å². The van der Waals surface area contributed by atoms with Crippen molar-refractivity contribution in [1.82, 2.24) is 10.2 Å². The van der Waals surface area contributed by atoms with Crippen molar-refractivity contribution in [3.8, 4) is 0 Å². The molecule has 1 heterocycles. The van der Waals surface area contributed by atoms with Crippen LogP contribution in [0.4, 0.5) is 0 Å². The lowest BCUT2D eigenvalue weighted by Crippen LogP contribution is -2.47. The van der Waals surface area contributed by atoms with Crippen LogP contribution in [0.3, 0.4) is 0 Å². The molecule has 4 nitrogen and oxygen atoms in total. The average Bonchev–Trinajstić information content (AvgIpc) is 3.17. The molecule has 1 saturated heterocycles. The van der Waals surface area contributed by atoms with Crippen LogP contribution in [-0.4, -0.2) is 48.7 Å². The number of fused-ring (bicyclic) bond motifs is 1. The van der Waals surface area contributed by atoms with Gasteiger partial charge in [-0.1, -0.05) is 6.42 Å². The van der Waals surface area contributed by atoms with Crippen LogP contribution in [0.2, 0.25) is 0 Å². The molecular weight excluding hydrogens is 264 g/mol. The molecule has 1 aliphatic heterocycles. The van der Waals surface area contributed by atoms with Crippen LogP contribution in [0.5, 0.6) is 0 Å². The van der Waals surface area contributed by atoms with Crippen LogP contribution < -0.4 is 5.32 Å². The highest BCUT2D eigenvalue weighted by Gasteiger charge is 2.36. The summed E-state index contributed by atoms with van der Waals surface area (Å²) in [5, 5.41) is 3.47. The molecule has 3 rings (SSSR count). The molecule has 0 aromatic rings. The summed E-state index contributed by atoms with van der Waals surface area (Å²) in [6, 6.07) is 1.25. The Hall–Kier alpha value is -0.610. The van der Waals surface area contributed by atoms with E-state index in [2.05, 4.69) is 10.2 Å². The Labute approximate surface area is 128 Å². The first kappa shape index (κ1) is 15.3. The smallest absolute Gasteiger partial charge is 0.323 e. The summed E-state index contributed by atoms with van der Waals surface area (Å²) in [6.07, 6.45) is 10.3. The third-order valence-electron chi connectivity index (χ3n) is 5.40. The number of nitrogens with one attached hydrogen (secondary N) is 1. The van der Waals surface area contributed by atoms with E-state index in [4.69, 9.17) is 4.74 Å². The number of hydrogen-bond acceptors (Lipinski definition) is 4. The summed E-state index contributed by atoms with van der Waals surface area (Å²) >= 11 is 0. The van der Waals surface area contributed by atoms with Crippen molar-refractivity contribution in [2.24, 2.45) is 5.92 Å². The number of piperidine rings is 1. The summed E-state index contributed by atoms with van der Waals surface area (Å²) < 4.78 is 5.24. The monoisotopic (exact) mass is 294 g/mol. The number of carbonyl (C=O) groups is 1. The zero-order valence-corrected chi connectivity index (χ0v) is 13.4. The predicted octanol–water partition coefficient (Wildman–Crippen LogP) is 2.32. The first-order valence-corrected chi connectivity index (χ1v) is 8.94. The van der Waals surface area contributed by atoms with Crippen molar-refractivity contribution in [1.29, 1.82) is 0 Å². The molecule has 3 atom stereocenters. The van der Waals surface area contributed by atoms with Gasteiger partial charge in [0.05, 0.1) is 6.61 Å². The summed E-state index contributed by atoms with van der Waals surface area (Å²) in [5.41, 5.74) is 0. The average molecular weight is 294 g/mol. The summed E-state index contributed by atoms with van der Waals surface area (Å²) in [4.78, 5) is 14.8. The molecule has 0 bridgehead atoms. The van der Waals surface area contributed by atoms with Crippen molar-refractivity contribution in [3.05, 3.63) is 0 Å². The summed E-state index contributed by atoms with van der Waals surface area (Å²) in [5.74, 6) is 0.876. The second-order valence-electron chi connectivity index (χ2n) is 6.97. The Bertz CT molecular complexity index is 357. The number of rotatable bonds is 7. The molecular formula is C17H30N2O2. The maximum Gasteiger partial charge on any atom is 0.323 e. The fraction of sp³-hybridized carbons (Fsp3) is 0.941. The minimum atomic E-state index is -0.0979. The molecule has 0 radical (unpaired) electrons. The van der Waals surface area contributed by atoms with Gasteiger partial charge in [0.2, 0.25) is 0 Å². The molecule has 3 unspecified atom stereocenters. The maximum absolute atomic E-state index is 12.1. The van der Waals surface area contributed by atoms with Crippen molar-refractivity contribution in [2.45, 2.75) is 76.4 Å². The standard InChI is InChI=1S/C17H30N2O2/c1-2-21-17(20)15(18-14-8-9-14)10-12-19-11-4-6-13-5-3-7-16(13)19/h13-16,18H,2-12H2,1H3. The Morgan fingerprint density at radius 3 is 2.81 bits per heavy atom. The van der Waals surface area contributed by atoms with Gasteiger partial charge in [0, 0.05) is 18.6 Å². The molecule has 2 aliphatic carbocycles. The molecule has 120 valence electrons. The van der Waals surface area contributed by atoms with E-state index in [1.165, 1.54) is 51.5 Å². The van der Waals surface area contributed by atoms with Crippen molar-refractivity contribution >= 4 is 5.97 Å². The van der Waals surface area contributed by atoms with Crippen molar-refractivity contribution < 1.29 is 9.53 Å². The summed E-state index contributed by atoms with van der Waals surface area (Å²) in [7, 11) is 0. The molecule has 0 aromatic carbocycles. The lowest BCUT2D eigenvalue weighted by atomic mass is 9.91. The highest BCUT2D eigenvalue weighted by atomic mass is 16.5. The van der Waals surface area contributed by atoms with Gasteiger partial charge in [0.25, 0.3) is 0 Å². The van der Waals surface area contributed by atoms with Crippen LogP contribution in [0.1, 0.15) is 58.3 Å². The fourth-order valence-corrected chi connectivity index (χ4v) is 4.18. The second kappa shape index (κ2) is 7.10. The largest absolute Gasteiger partial charge is 0.465 e. The van der Waals surface area contributed by atoms with Gasteiger partial charge >= 0.3 is 5.97 Å². The minimum Gasteiger partial charge on any atom is -0.465 e. The van der Waals surface area contributed by atoms with Gasteiger partial charge < -0.3 is 15.0 Å². The third-order valence-corrected chi connectivity index (χ3v) is 5.40. The Morgan fingerprint density at radius 2 is 2.05 bits per heavy atom.